The van der Waals surface area contributed by atoms with Crippen molar-refractivity contribution in [3.05, 3.63) is 77.3 Å². The van der Waals surface area contributed by atoms with Crippen LogP contribution in [0.15, 0.2) is 71.1 Å². The van der Waals surface area contributed by atoms with Gasteiger partial charge >= 0.3 is 0 Å². The molecule has 0 saturated heterocycles. The molecule has 1 N–H and O–H groups in total. The molecule has 0 fully saturated rings. The molecule has 4 rings (SSSR count). The van der Waals surface area contributed by atoms with Crippen molar-refractivity contribution in [2.45, 2.75) is 6.42 Å². The van der Waals surface area contributed by atoms with Gasteiger partial charge in [-0.25, -0.2) is 0 Å². The van der Waals surface area contributed by atoms with Crippen LogP contribution < -0.4 is 5.32 Å². The molecule has 0 aliphatic heterocycles. The zero-order chi connectivity index (χ0) is 16.5. The molecule has 0 unspecified atom stereocenters. The van der Waals surface area contributed by atoms with Gasteiger partial charge in [0, 0.05) is 27.5 Å². The van der Waals surface area contributed by atoms with Gasteiger partial charge in [-0.3, -0.25) is 4.79 Å². The quantitative estimate of drug-likeness (QED) is 0.543. The number of carbonyl (C=O) groups excluding carboxylic acids is 1. The molecule has 0 bridgehead atoms. The summed E-state index contributed by atoms with van der Waals surface area (Å²) in [5.41, 5.74) is 3.25. The number of benzene rings is 3. The fourth-order valence-electron chi connectivity index (χ4n) is 2.80. The van der Waals surface area contributed by atoms with Crippen molar-refractivity contribution < 1.29 is 9.21 Å². The molecule has 0 aliphatic carbocycles. The number of amides is 1. The average Bonchev–Trinajstić information content (AvgIpc) is 2.94. The molecular formula is C20H14ClNO2. The highest BCUT2D eigenvalue weighted by molar-refractivity contribution is 6.30. The van der Waals surface area contributed by atoms with E-state index in [0.717, 1.165) is 33.2 Å². The Bertz CT molecular complexity index is 1030. The number of nitrogens with one attached hydrogen (secondary N) is 1. The lowest BCUT2D eigenvalue weighted by Crippen LogP contribution is -2.14. The molecule has 1 heterocycles. The van der Waals surface area contributed by atoms with Crippen molar-refractivity contribution in [1.29, 1.82) is 0 Å². The molecule has 4 aromatic rings. The van der Waals surface area contributed by atoms with E-state index >= 15 is 0 Å². The normalized spacial score (nSPS) is 11.0. The molecule has 24 heavy (non-hydrogen) atoms. The molecule has 1 aromatic heterocycles. The second-order valence-electron chi connectivity index (χ2n) is 5.66. The summed E-state index contributed by atoms with van der Waals surface area (Å²) in [6, 6.07) is 20.9. The molecule has 118 valence electrons. The van der Waals surface area contributed by atoms with Crippen LogP contribution in [0.4, 0.5) is 5.69 Å². The number of rotatable bonds is 3. The fourth-order valence-corrected chi connectivity index (χ4v) is 2.92. The van der Waals surface area contributed by atoms with Crippen molar-refractivity contribution in [3.8, 4) is 0 Å². The standard InChI is InChI=1S/C20H14ClNO2/c21-14-7-5-13(6-8-14)11-20(23)22-15-9-10-17-16-3-1-2-4-18(16)24-19(17)12-15/h1-10,12H,11H2,(H,22,23). The van der Waals surface area contributed by atoms with Crippen LogP contribution in [0.5, 0.6) is 0 Å². The van der Waals surface area contributed by atoms with Crippen LogP contribution in [0.25, 0.3) is 21.9 Å². The number of furan rings is 1. The van der Waals surface area contributed by atoms with Gasteiger partial charge < -0.3 is 9.73 Å². The van der Waals surface area contributed by atoms with Gasteiger partial charge in [-0.1, -0.05) is 41.9 Å². The number of halogens is 1. The van der Waals surface area contributed by atoms with Crippen LogP contribution in [0.1, 0.15) is 5.56 Å². The van der Waals surface area contributed by atoms with E-state index in [0.29, 0.717) is 11.4 Å². The van der Waals surface area contributed by atoms with E-state index in [4.69, 9.17) is 16.0 Å². The minimum Gasteiger partial charge on any atom is -0.456 e. The van der Waals surface area contributed by atoms with Crippen molar-refractivity contribution in [2.75, 3.05) is 5.32 Å². The van der Waals surface area contributed by atoms with Crippen molar-refractivity contribution in [2.24, 2.45) is 0 Å². The van der Waals surface area contributed by atoms with E-state index in [1.807, 2.05) is 54.6 Å². The Hall–Kier alpha value is -2.78. The van der Waals surface area contributed by atoms with Gasteiger partial charge in [-0.05, 0) is 35.9 Å². The van der Waals surface area contributed by atoms with Crippen molar-refractivity contribution in [1.82, 2.24) is 0 Å². The topological polar surface area (TPSA) is 42.2 Å². The Morgan fingerprint density at radius 3 is 2.50 bits per heavy atom. The molecular weight excluding hydrogens is 322 g/mol. The zero-order valence-electron chi connectivity index (χ0n) is 12.8. The van der Waals surface area contributed by atoms with Gasteiger partial charge in [0.1, 0.15) is 11.2 Å². The second-order valence-corrected chi connectivity index (χ2v) is 6.10. The third-order valence-corrected chi connectivity index (χ3v) is 4.19. The maximum atomic E-state index is 12.2. The van der Waals surface area contributed by atoms with Gasteiger partial charge in [0.2, 0.25) is 5.91 Å². The average molecular weight is 336 g/mol. The van der Waals surface area contributed by atoms with E-state index in [-0.39, 0.29) is 5.91 Å². The summed E-state index contributed by atoms with van der Waals surface area (Å²) in [7, 11) is 0. The number of para-hydroxylation sites is 1. The molecule has 3 nitrogen and oxygen atoms in total. The number of fused-ring (bicyclic) bond motifs is 3. The second kappa shape index (κ2) is 6.02. The smallest absolute Gasteiger partial charge is 0.228 e. The molecule has 0 atom stereocenters. The van der Waals surface area contributed by atoms with Crippen molar-refractivity contribution >= 4 is 45.1 Å². The monoisotopic (exact) mass is 335 g/mol. The third kappa shape index (κ3) is 2.86. The predicted molar refractivity (Wildman–Crippen MR) is 97.5 cm³/mol. The number of hydrogen-bond acceptors (Lipinski definition) is 2. The number of carbonyl (C=O) groups is 1. The summed E-state index contributed by atoms with van der Waals surface area (Å²) in [6.07, 6.45) is 0.301. The molecule has 3 aromatic carbocycles. The summed E-state index contributed by atoms with van der Waals surface area (Å²) in [5, 5.41) is 5.69. The summed E-state index contributed by atoms with van der Waals surface area (Å²) in [5.74, 6) is -0.0761. The van der Waals surface area contributed by atoms with Crippen LogP contribution in [0, 0.1) is 0 Å². The first-order valence-corrected chi connectivity index (χ1v) is 8.02. The van der Waals surface area contributed by atoms with E-state index in [1.54, 1.807) is 12.1 Å². The Morgan fingerprint density at radius 1 is 0.917 bits per heavy atom. The van der Waals surface area contributed by atoms with E-state index in [9.17, 15) is 4.79 Å². The first kappa shape index (κ1) is 14.8. The summed E-state index contributed by atoms with van der Waals surface area (Å²) in [4.78, 5) is 12.2. The van der Waals surface area contributed by atoms with Crippen molar-refractivity contribution in [3.63, 3.8) is 0 Å². The first-order valence-electron chi connectivity index (χ1n) is 7.65. The lowest BCUT2D eigenvalue weighted by atomic mass is 10.1. The van der Waals surface area contributed by atoms with Gasteiger partial charge in [0.15, 0.2) is 0 Å². The van der Waals surface area contributed by atoms with Crippen LogP contribution in [-0.2, 0) is 11.2 Å². The van der Waals surface area contributed by atoms with E-state index in [2.05, 4.69) is 5.32 Å². The lowest BCUT2D eigenvalue weighted by molar-refractivity contribution is -0.115. The molecule has 1 amide bonds. The summed E-state index contributed by atoms with van der Waals surface area (Å²) in [6.45, 7) is 0. The highest BCUT2D eigenvalue weighted by Crippen LogP contribution is 2.30. The highest BCUT2D eigenvalue weighted by atomic mass is 35.5. The van der Waals surface area contributed by atoms with Gasteiger partial charge in [0.05, 0.1) is 6.42 Å². The minimum atomic E-state index is -0.0761. The Morgan fingerprint density at radius 2 is 1.67 bits per heavy atom. The van der Waals surface area contributed by atoms with Gasteiger partial charge in [0.25, 0.3) is 0 Å². The number of hydrogen-bond donors (Lipinski definition) is 1. The van der Waals surface area contributed by atoms with Crippen LogP contribution in [-0.4, -0.2) is 5.91 Å². The fraction of sp³-hybridized carbons (Fsp3) is 0.0500. The van der Waals surface area contributed by atoms with Gasteiger partial charge in [-0.15, -0.1) is 0 Å². The number of anilines is 1. The molecule has 0 saturated carbocycles. The van der Waals surface area contributed by atoms with Gasteiger partial charge in [-0.2, -0.15) is 0 Å². The highest BCUT2D eigenvalue weighted by Gasteiger charge is 2.09. The first-order chi connectivity index (χ1) is 11.7. The molecule has 4 heteroatoms. The van der Waals surface area contributed by atoms with Crippen LogP contribution in [0.3, 0.4) is 0 Å². The lowest BCUT2D eigenvalue weighted by Gasteiger charge is -2.05. The van der Waals surface area contributed by atoms with E-state index in [1.165, 1.54) is 0 Å². The summed E-state index contributed by atoms with van der Waals surface area (Å²) < 4.78 is 5.84. The summed E-state index contributed by atoms with van der Waals surface area (Å²) >= 11 is 5.86. The predicted octanol–water partition coefficient (Wildman–Crippen LogP) is 5.42. The molecule has 0 spiro atoms. The SMILES string of the molecule is O=C(Cc1ccc(Cl)cc1)Nc1ccc2c(c1)oc1ccccc12. The van der Waals surface area contributed by atoms with Crippen LogP contribution in [0.2, 0.25) is 5.02 Å². The van der Waals surface area contributed by atoms with E-state index < -0.39 is 0 Å². The minimum absolute atomic E-state index is 0.0761. The Labute approximate surface area is 143 Å². The molecule has 0 radical (unpaired) electrons. The molecule has 0 aliphatic rings. The zero-order valence-corrected chi connectivity index (χ0v) is 13.5. The van der Waals surface area contributed by atoms with Crippen LogP contribution >= 0.6 is 11.6 Å². The maximum Gasteiger partial charge on any atom is 0.228 e. The largest absolute Gasteiger partial charge is 0.456 e. The maximum absolute atomic E-state index is 12.2. The Kier molecular flexibility index (Phi) is 3.71. The Balaban J connectivity index is 1.56. The third-order valence-electron chi connectivity index (χ3n) is 3.94.